The van der Waals surface area contributed by atoms with Crippen LogP contribution in [0.1, 0.15) is 16.7 Å². The lowest BCUT2D eigenvalue weighted by molar-refractivity contribution is -0.384. The standard InChI is InChI=1S/C30H27BrN4O4/c1-2-6-24-17-23(19-28(31)29(24)39-21-22-9-11-27(12-10-22)35(37)38)18-25(20-32)30(36)34-15-13-33(14-16-34)26-7-4-3-5-8-26/h2-5,7-12,17-19H,1,6,13-16,21H2/b25-18-. The fourth-order valence-corrected chi connectivity index (χ4v) is 5.01. The molecule has 1 amide bonds. The van der Waals surface area contributed by atoms with Gasteiger partial charge in [-0.2, -0.15) is 5.26 Å². The molecule has 0 aliphatic carbocycles. The summed E-state index contributed by atoms with van der Waals surface area (Å²) >= 11 is 3.56. The molecule has 1 aliphatic rings. The van der Waals surface area contributed by atoms with Crippen molar-refractivity contribution in [2.75, 3.05) is 31.1 Å². The number of allylic oxidation sites excluding steroid dienone is 1. The van der Waals surface area contributed by atoms with Crippen LogP contribution < -0.4 is 9.64 Å². The number of rotatable bonds is 9. The highest BCUT2D eigenvalue weighted by Crippen LogP contribution is 2.33. The van der Waals surface area contributed by atoms with Crippen LogP contribution >= 0.6 is 15.9 Å². The lowest BCUT2D eigenvalue weighted by Gasteiger charge is -2.36. The number of nitrogens with zero attached hydrogens (tertiary/aromatic N) is 4. The fraction of sp³-hybridized carbons (Fsp3) is 0.200. The molecule has 0 saturated carbocycles. The molecule has 0 unspecified atom stereocenters. The zero-order chi connectivity index (χ0) is 27.8. The van der Waals surface area contributed by atoms with E-state index in [1.54, 1.807) is 35.3 Å². The summed E-state index contributed by atoms with van der Waals surface area (Å²) in [7, 11) is 0. The van der Waals surface area contributed by atoms with Crippen LogP contribution in [0.15, 0.2) is 89.4 Å². The molecular weight excluding hydrogens is 560 g/mol. The first-order valence-electron chi connectivity index (χ1n) is 12.4. The molecule has 1 saturated heterocycles. The lowest BCUT2D eigenvalue weighted by Crippen LogP contribution is -2.49. The maximum absolute atomic E-state index is 13.2. The van der Waals surface area contributed by atoms with Crippen molar-refractivity contribution in [2.45, 2.75) is 13.0 Å². The van der Waals surface area contributed by atoms with E-state index in [1.165, 1.54) is 12.1 Å². The van der Waals surface area contributed by atoms with Gasteiger partial charge in [0, 0.05) is 44.0 Å². The Bertz CT molecular complexity index is 1420. The first-order chi connectivity index (χ1) is 18.9. The number of nitro benzene ring substituents is 1. The van der Waals surface area contributed by atoms with E-state index in [2.05, 4.69) is 45.6 Å². The maximum Gasteiger partial charge on any atom is 0.269 e. The highest BCUT2D eigenvalue weighted by atomic mass is 79.9. The molecular formula is C30H27BrN4O4. The first kappa shape index (κ1) is 27.6. The van der Waals surface area contributed by atoms with E-state index in [4.69, 9.17) is 4.74 Å². The van der Waals surface area contributed by atoms with Gasteiger partial charge in [-0.05, 0) is 81.5 Å². The number of benzene rings is 3. The number of hydrogen-bond donors (Lipinski definition) is 0. The molecule has 1 aliphatic heterocycles. The van der Waals surface area contributed by atoms with Crippen molar-refractivity contribution in [3.8, 4) is 11.8 Å². The van der Waals surface area contributed by atoms with Crippen molar-refractivity contribution in [1.82, 2.24) is 4.90 Å². The van der Waals surface area contributed by atoms with E-state index in [9.17, 15) is 20.2 Å². The fourth-order valence-electron chi connectivity index (χ4n) is 4.38. The van der Waals surface area contributed by atoms with Gasteiger partial charge in [-0.3, -0.25) is 14.9 Å². The third kappa shape index (κ3) is 6.92. The number of halogens is 1. The van der Waals surface area contributed by atoms with E-state index in [-0.39, 0.29) is 23.8 Å². The number of hydrogen-bond acceptors (Lipinski definition) is 6. The summed E-state index contributed by atoms with van der Waals surface area (Å²) in [4.78, 5) is 27.6. The molecule has 0 spiro atoms. The summed E-state index contributed by atoms with van der Waals surface area (Å²) in [6.45, 7) is 6.51. The minimum atomic E-state index is -0.444. The molecule has 8 nitrogen and oxygen atoms in total. The Morgan fingerprint density at radius 2 is 1.79 bits per heavy atom. The highest BCUT2D eigenvalue weighted by Gasteiger charge is 2.24. The highest BCUT2D eigenvalue weighted by molar-refractivity contribution is 9.10. The Morgan fingerprint density at radius 1 is 1.10 bits per heavy atom. The number of ether oxygens (including phenoxy) is 1. The van der Waals surface area contributed by atoms with Crippen LogP contribution in [-0.4, -0.2) is 41.9 Å². The van der Waals surface area contributed by atoms with Crippen molar-refractivity contribution in [1.29, 1.82) is 5.26 Å². The number of non-ortho nitro benzene ring substituents is 1. The molecule has 3 aromatic carbocycles. The van der Waals surface area contributed by atoms with E-state index in [0.717, 1.165) is 16.8 Å². The van der Waals surface area contributed by atoms with Crippen molar-refractivity contribution in [3.05, 3.63) is 116 Å². The van der Waals surface area contributed by atoms with Gasteiger partial charge in [0.2, 0.25) is 0 Å². The Balaban J connectivity index is 1.48. The SMILES string of the molecule is C=CCc1cc(/C=C(/C#N)C(=O)N2CCN(c3ccccc3)CC2)cc(Br)c1OCc1ccc([N+](=O)[O-])cc1. The normalized spacial score (nSPS) is 13.5. The predicted molar refractivity (Wildman–Crippen MR) is 154 cm³/mol. The summed E-state index contributed by atoms with van der Waals surface area (Å²) in [5.74, 6) is 0.317. The average molecular weight is 587 g/mol. The molecule has 0 radical (unpaired) electrons. The molecule has 3 aromatic rings. The van der Waals surface area contributed by atoms with Crippen LogP contribution in [0.2, 0.25) is 0 Å². The molecule has 9 heteroatoms. The Morgan fingerprint density at radius 3 is 2.41 bits per heavy atom. The van der Waals surface area contributed by atoms with Crippen LogP contribution in [0.5, 0.6) is 5.75 Å². The van der Waals surface area contributed by atoms with Gasteiger partial charge < -0.3 is 14.5 Å². The van der Waals surface area contributed by atoms with E-state index in [1.807, 2.05) is 24.3 Å². The average Bonchev–Trinajstić information content (AvgIpc) is 2.96. The number of anilines is 1. The maximum atomic E-state index is 13.2. The molecule has 1 heterocycles. The van der Waals surface area contributed by atoms with Gasteiger partial charge >= 0.3 is 0 Å². The smallest absolute Gasteiger partial charge is 0.269 e. The van der Waals surface area contributed by atoms with Gasteiger partial charge in [-0.25, -0.2) is 0 Å². The second-order valence-electron chi connectivity index (χ2n) is 8.98. The van der Waals surface area contributed by atoms with Gasteiger partial charge in [0.1, 0.15) is 24.0 Å². The number of para-hydroxylation sites is 1. The molecule has 1 fully saturated rings. The van der Waals surface area contributed by atoms with E-state index in [0.29, 0.717) is 48.4 Å². The molecule has 198 valence electrons. The summed E-state index contributed by atoms with van der Waals surface area (Å²) < 4.78 is 6.72. The summed E-state index contributed by atoms with van der Waals surface area (Å²) in [5, 5.41) is 20.7. The monoisotopic (exact) mass is 586 g/mol. The van der Waals surface area contributed by atoms with Crippen LogP contribution in [0.3, 0.4) is 0 Å². The zero-order valence-electron chi connectivity index (χ0n) is 21.3. The molecule has 39 heavy (non-hydrogen) atoms. The number of amides is 1. The van der Waals surface area contributed by atoms with Gasteiger partial charge in [0.25, 0.3) is 11.6 Å². The summed E-state index contributed by atoms with van der Waals surface area (Å²) in [6.07, 6.45) is 3.85. The number of carbonyl (C=O) groups is 1. The van der Waals surface area contributed by atoms with E-state index >= 15 is 0 Å². The molecule has 0 aromatic heterocycles. The van der Waals surface area contributed by atoms with Crippen molar-refractivity contribution in [2.24, 2.45) is 0 Å². The number of piperazine rings is 1. The van der Waals surface area contributed by atoms with Crippen molar-refractivity contribution < 1.29 is 14.5 Å². The molecule has 0 atom stereocenters. The largest absolute Gasteiger partial charge is 0.487 e. The third-order valence-electron chi connectivity index (χ3n) is 6.39. The van der Waals surface area contributed by atoms with Crippen LogP contribution in [0.25, 0.3) is 6.08 Å². The topological polar surface area (TPSA) is 99.7 Å². The minimum Gasteiger partial charge on any atom is -0.487 e. The Kier molecular flexibility index (Phi) is 9.13. The molecule has 4 rings (SSSR count). The Hall–Kier alpha value is -4.42. The van der Waals surface area contributed by atoms with Crippen molar-refractivity contribution in [3.63, 3.8) is 0 Å². The first-order valence-corrected chi connectivity index (χ1v) is 13.2. The van der Waals surface area contributed by atoms with Gasteiger partial charge in [-0.15, -0.1) is 6.58 Å². The van der Waals surface area contributed by atoms with E-state index < -0.39 is 4.92 Å². The number of nitro groups is 1. The van der Waals surface area contributed by atoms with Crippen molar-refractivity contribution >= 4 is 39.3 Å². The summed E-state index contributed by atoms with van der Waals surface area (Å²) in [5.41, 5.74) is 3.51. The minimum absolute atomic E-state index is 0.0179. The quantitative estimate of drug-likeness (QED) is 0.101. The Labute approximate surface area is 235 Å². The van der Waals surface area contributed by atoms with Gasteiger partial charge in [-0.1, -0.05) is 24.3 Å². The predicted octanol–water partition coefficient (Wildman–Crippen LogP) is 5.92. The van der Waals surface area contributed by atoms with Crippen LogP contribution in [0, 0.1) is 21.4 Å². The molecule has 0 bridgehead atoms. The van der Waals surface area contributed by atoms with Gasteiger partial charge in [0.05, 0.1) is 9.40 Å². The molecule has 0 N–H and O–H groups in total. The zero-order valence-corrected chi connectivity index (χ0v) is 22.8. The second-order valence-corrected chi connectivity index (χ2v) is 9.83. The lowest BCUT2D eigenvalue weighted by atomic mass is 10.0. The third-order valence-corrected chi connectivity index (χ3v) is 6.98. The number of nitriles is 1. The summed E-state index contributed by atoms with van der Waals surface area (Å²) in [6, 6.07) is 22.0. The van der Waals surface area contributed by atoms with Crippen LogP contribution in [-0.2, 0) is 17.8 Å². The van der Waals surface area contributed by atoms with Gasteiger partial charge in [0.15, 0.2) is 0 Å². The van der Waals surface area contributed by atoms with Crippen LogP contribution in [0.4, 0.5) is 11.4 Å². The number of carbonyl (C=O) groups excluding carboxylic acids is 1. The second kappa shape index (κ2) is 12.9.